The predicted octanol–water partition coefficient (Wildman–Crippen LogP) is -2.34. The average Bonchev–Trinajstić information content (AvgIpc) is 2.02. The van der Waals surface area contributed by atoms with E-state index in [1.54, 1.807) is 0 Å². The lowest BCUT2D eigenvalue weighted by molar-refractivity contribution is -0.890. The minimum Gasteiger partial charge on any atom is -1.00 e. The van der Waals surface area contributed by atoms with E-state index in [9.17, 15) is 0 Å². The van der Waals surface area contributed by atoms with Crippen LogP contribution in [0.1, 0.15) is 6.92 Å². The Labute approximate surface area is 99.4 Å². The van der Waals surface area contributed by atoms with E-state index in [1.165, 1.54) is 6.54 Å². The van der Waals surface area contributed by atoms with Crippen molar-refractivity contribution in [3.63, 3.8) is 0 Å². The van der Waals surface area contributed by atoms with Gasteiger partial charge in [0.2, 0.25) is 0 Å². The first-order valence-electron chi connectivity index (χ1n) is 5.02. The molecule has 0 rings (SSSR count). The van der Waals surface area contributed by atoms with Gasteiger partial charge in [-0.15, -0.1) is 0 Å². The van der Waals surface area contributed by atoms with Gasteiger partial charge in [0.25, 0.3) is 0 Å². The predicted molar refractivity (Wildman–Crippen MR) is 56.9 cm³/mol. The molecule has 0 unspecified atom stereocenters. The summed E-state index contributed by atoms with van der Waals surface area (Å²) in [6.07, 6.45) is 0. The van der Waals surface area contributed by atoms with Crippen LogP contribution in [0.5, 0.6) is 0 Å². The van der Waals surface area contributed by atoms with Gasteiger partial charge in [0.15, 0.2) is 0 Å². The largest absolute Gasteiger partial charge is 1.00 e. The molecule has 0 aromatic heterocycles. The number of likely N-dealkylation sites (N-methyl/N-ethyl adjacent to an activating group) is 2. The van der Waals surface area contributed by atoms with Crippen molar-refractivity contribution in [2.75, 3.05) is 61.0 Å². The maximum Gasteiger partial charge on any atom is 0.102 e. The molecule has 0 aromatic carbocycles. The number of rotatable bonds is 7. The summed E-state index contributed by atoms with van der Waals surface area (Å²) in [5, 5.41) is 0. The second kappa shape index (κ2) is 8.65. The van der Waals surface area contributed by atoms with Crippen LogP contribution >= 0.6 is 0 Å². The molecule has 0 aliphatic heterocycles. The van der Waals surface area contributed by atoms with E-state index >= 15 is 0 Å². The molecule has 0 aromatic rings. The van der Waals surface area contributed by atoms with E-state index in [4.69, 9.17) is 4.74 Å². The van der Waals surface area contributed by atoms with Crippen LogP contribution in [0.4, 0.5) is 0 Å². The van der Waals surface area contributed by atoms with E-state index in [2.05, 4.69) is 33.1 Å². The standard InChI is InChI=1S/C10H25N2O.BrH/c1-6-13-10-9-12(4,5)8-7-11(2)3;/h6-10H2,1-5H3;1H/q+1;/p-1. The van der Waals surface area contributed by atoms with Crippen molar-refractivity contribution in [2.45, 2.75) is 6.92 Å². The van der Waals surface area contributed by atoms with Gasteiger partial charge in [-0.3, -0.25) is 0 Å². The quantitative estimate of drug-likeness (QED) is 0.379. The van der Waals surface area contributed by atoms with Gasteiger partial charge in [-0.1, -0.05) is 0 Å². The van der Waals surface area contributed by atoms with Crippen molar-refractivity contribution in [2.24, 2.45) is 0 Å². The molecular formula is C10H25BrN2O. The van der Waals surface area contributed by atoms with Crippen molar-refractivity contribution in [1.29, 1.82) is 0 Å². The van der Waals surface area contributed by atoms with E-state index in [0.717, 1.165) is 30.8 Å². The lowest BCUT2D eigenvalue weighted by Gasteiger charge is -2.30. The van der Waals surface area contributed by atoms with E-state index in [1.807, 2.05) is 6.92 Å². The van der Waals surface area contributed by atoms with Crippen molar-refractivity contribution >= 4 is 0 Å². The van der Waals surface area contributed by atoms with E-state index < -0.39 is 0 Å². The van der Waals surface area contributed by atoms with Gasteiger partial charge in [0, 0.05) is 13.2 Å². The first-order chi connectivity index (χ1) is 5.98. The summed E-state index contributed by atoms with van der Waals surface area (Å²) in [4.78, 5) is 2.22. The minimum absolute atomic E-state index is 0. The Hall–Kier alpha value is 0.360. The molecular weight excluding hydrogens is 244 g/mol. The summed E-state index contributed by atoms with van der Waals surface area (Å²) >= 11 is 0. The monoisotopic (exact) mass is 268 g/mol. The topological polar surface area (TPSA) is 12.5 Å². The first-order valence-corrected chi connectivity index (χ1v) is 5.02. The van der Waals surface area contributed by atoms with Crippen LogP contribution in [0.15, 0.2) is 0 Å². The molecule has 0 radical (unpaired) electrons. The fraction of sp³-hybridized carbons (Fsp3) is 1.00. The zero-order valence-corrected chi connectivity index (χ0v) is 11.8. The van der Waals surface area contributed by atoms with E-state index in [-0.39, 0.29) is 17.0 Å². The summed E-state index contributed by atoms with van der Waals surface area (Å²) in [5.41, 5.74) is 0. The SMILES string of the molecule is CCOCC[N+](C)(C)CCN(C)C.[Br-]. The van der Waals surface area contributed by atoms with Gasteiger partial charge in [0.1, 0.15) is 6.54 Å². The van der Waals surface area contributed by atoms with Crippen molar-refractivity contribution in [1.82, 2.24) is 4.90 Å². The highest BCUT2D eigenvalue weighted by Crippen LogP contribution is 1.96. The van der Waals surface area contributed by atoms with Crippen molar-refractivity contribution in [3.05, 3.63) is 0 Å². The molecule has 0 aliphatic rings. The molecule has 4 heteroatoms. The molecule has 0 fully saturated rings. The summed E-state index contributed by atoms with van der Waals surface area (Å²) in [5.74, 6) is 0. The molecule has 0 bridgehead atoms. The molecule has 0 saturated carbocycles. The third-order valence-corrected chi connectivity index (χ3v) is 2.20. The van der Waals surface area contributed by atoms with Gasteiger partial charge >= 0.3 is 0 Å². The number of ether oxygens (including phenoxy) is 1. The molecule has 0 spiro atoms. The van der Waals surface area contributed by atoms with Gasteiger partial charge in [0.05, 0.1) is 27.2 Å². The van der Waals surface area contributed by atoms with Crippen LogP contribution in [0.2, 0.25) is 0 Å². The van der Waals surface area contributed by atoms with E-state index in [0.29, 0.717) is 0 Å². The Bertz CT molecular complexity index is 129. The number of nitrogens with zero attached hydrogens (tertiary/aromatic N) is 2. The summed E-state index contributed by atoms with van der Waals surface area (Å²) in [7, 11) is 8.73. The Morgan fingerprint density at radius 1 is 1.14 bits per heavy atom. The lowest BCUT2D eigenvalue weighted by atomic mass is 10.4. The number of hydrogen-bond donors (Lipinski definition) is 0. The fourth-order valence-corrected chi connectivity index (χ4v) is 1.04. The number of halogens is 1. The molecule has 0 aliphatic carbocycles. The summed E-state index contributed by atoms with van der Waals surface area (Å²) in [6, 6.07) is 0. The highest BCUT2D eigenvalue weighted by Gasteiger charge is 2.14. The molecule has 0 heterocycles. The summed E-state index contributed by atoms with van der Waals surface area (Å²) in [6.45, 7) is 7.16. The first kappa shape index (κ1) is 16.8. The summed E-state index contributed by atoms with van der Waals surface area (Å²) < 4.78 is 6.39. The molecule has 0 amide bonds. The third kappa shape index (κ3) is 10.4. The lowest BCUT2D eigenvalue weighted by Crippen LogP contribution is -3.00. The minimum atomic E-state index is 0. The van der Waals surface area contributed by atoms with Crippen LogP contribution in [-0.4, -0.2) is 70.4 Å². The van der Waals surface area contributed by atoms with Gasteiger partial charge < -0.3 is 31.1 Å². The highest BCUT2D eigenvalue weighted by atomic mass is 79.9. The highest BCUT2D eigenvalue weighted by molar-refractivity contribution is 4.41. The normalized spacial score (nSPS) is 11.6. The smallest absolute Gasteiger partial charge is 0.102 e. The third-order valence-electron chi connectivity index (χ3n) is 2.20. The van der Waals surface area contributed by atoms with Crippen LogP contribution in [0.25, 0.3) is 0 Å². The van der Waals surface area contributed by atoms with Gasteiger partial charge in [-0.25, -0.2) is 0 Å². The Kier molecular flexibility index (Phi) is 10.4. The molecule has 0 atom stereocenters. The van der Waals surface area contributed by atoms with Gasteiger partial charge in [-0.2, -0.15) is 0 Å². The molecule has 0 N–H and O–H groups in total. The molecule has 0 saturated heterocycles. The van der Waals surface area contributed by atoms with Crippen molar-refractivity contribution < 1.29 is 26.2 Å². The fourth-order valence-electron chi connectivity index (χ4n) is 1.04. The zero-order chi connectivity index (χ0) is 10.3. The van der Waals surface area contributed by atoms with Crippen LogP contribution < -0.4 is 17.0 Å². The van der Waals surface area contributed by atoms with Crippen LogP contribution in [-0.2, 0) is 4.74 Å². The number of quaternary nitrogens is 1. The molecule has 3 nitrogen and oxygen atoms in total. The van der Waals surface area contributed by atoms with Crippen LogP contribution in [0, 0.1) is 0 Å². The average molecular weight is 269 g/mol. The zero-order valence-electron chi connectivity index (χ0n) is 10.2. The van der Waals surface area contributed by atoms with Crippen LogP contribution in [0.3, 0.4) is 0 Å². The van der Waals surface area contributed by atoms with Gasteiger partial charge in [-0.05, 0) is 21.0 Å². The van der Waals surface area contributed by atoms with Crippen molar-refractivity contribution in [3.8, 4) is 0 Å². The Morgan fingerprint density at radius 3 is 2.14 bits per heavy atom. The molecule has 14 heavy (non-hydrogen) atoms. The Balaban J connectivity index is 0. The second-order valence-corrected chi connectivity index (χ2v) is 4.38. The number of hydrogen-bond acceptors (Lipinski definition) is 2. The second-order valence-electron chi connectivity index (χ2n) is 4.38. The Morgan fingerprint density at radius 2 is 1.71 bits per heavy atom. The maximum absolute atomic E-state index is 5.35. The molecule has 88 valence electrons. The maximum atomic E-state index is 5.35.